The van der Waals surface area contributed by atoms with Gasteiger partial charge in [0.1, 0.15) is 5.75 Å². The number of esters is 2. The predicted molar refractivity (Wildman–Crippen MR) is 133 cm³/mol. The topological polar surface area (TPSA) is 102 Å². The Bertz CT molecular complexity index is 1650. The second-order valence-corrected chi connectivity index (χ2v) is 9.11. The highest BCUT2D eigenvalue weighted by Gasteiger charge is 2.28. The van der Waals surface area contributed by atoms with E-state index in [-0.39, 0.29) is 44.2 Å². The number of fused-ring (bicyclic) bond motifs is 1. The van der Waals surface area contributed by atoms with Crippen molar-refractivity contribution in [2.45, 2.75) is 9.79 Å². The van der Waals surface area contributed by atoms with Gasteiger partial charge in [-0.25, -0.2) is 31.5 Å². The van der Waals surface area contributed by atoms with Crippen LogP contribution in [0, 0.1) is 29.1 Å². The summed E-state index contributed by atoms with van der Waals surface area (Å²) in [5, 5.41) is 13.4. The lowest BCUT2D eigenvalue weighted by Crippen LogP contribution is -2.15. The number of phenols is 1. The molecule has 1 amide bonds. The van der Waals surface area contributed by atoms with Crippen LogP contribution < -0.4 is 5.32 Å². The molecular weight excluding hydrogens is 561 g/mol. The summed E-state index contributed by atoms with van der Waals surface area (Å²) in [6.45, 7) is 0. The molecule has 4 rings (SSSR count). The van der Waals surface area contributed by atoms with Crippen molar-refractivity contribution in [2.24, 2.45) is 0 Å². The fourth-order valence-corrected chi connectivity index (χ4v) is 4.78. The van der Waals surface area contributed by atoms with Gasteiger partial charge in [-0.3, -0.25) is 4.79 Å². The molecule has 4 aromatic rings. The number of halogens is 5. The largest absolute Gasteiger partial charge is 0.506 e. The van der Waals surface area contributed by atoms with Gasteiger partial charge >= 0.3 is 11.9 Å². The van der Waals surface area contributed by atoms with Crippen LogP contribution in [0.5, 0.6) is 5.75 Å². The van der Waals surface area contributed by atoms with E-state index in [1.165, 1.54) is 42.5 Å². The summed E-state index contributed by atoms with van der Waals surface area (Å²) in [7, 11) is 2.20. The number of carbonyl (C=O) groups is 3. The molecule has 4 aromatic carbocycles. The number of hydrogen-bond acceptors (Lipinski definition) is 7. The van der Waals surface area contributed by atoms with Gasteiger partial charge < -0.3 is 19.9 Å². The molecule has 40 heavy (non-hydrogen) atoms. The summed E-state index contributed by atoms with van der Waals surface area (Å²) in [5.41, 5.74) is -0.778. The van der Waals surface area contributed by atoms with E-state index in [4.69, 9.17) is 0 Å². The van der Waals surface area contributed by atoms with E-state index < -0.39 is 63.1 Å². The second kappa shape index (κ2) is 11.2. The highest BCUT2D eigenvalue weighted by molar-refractivity contribution is 7.99. The maximum Gasteiger partial charge on any atom is 0.337 e. The van der Waals surface area contributed by atoms with Gasteiger partial charge in [-0.15, -0.1) is 0 Å². The van der Waals surface area contributed by atoms with E-state index in [1.54, 1.807) is 0 Å². The van der Waals surface area contributed by atoms with Crippen LogP contribution in [-0.2, 0) is 9.47 Å². The van der Waals surface area contributed by atoms with Crippen molar-refractivity contribution in [1.82, 2.24) is 0 Å². The smallest absolute Gasteiger partial charge is 0.337 e. The van der Waals surface area contributed by atoms with Gasteiger partial charge in [0, 0.05) is 16.0 Å². The highest BCUT2D eigenvalue weighted by atomic mass is 32.2. The third-order valence-electron chi connectivity index (χ3n) is 5.64. The van der Waals surface area contributed by atoms with E-state index in [1.807, 2.05) is 0 Å². The number of ether oxygens (including phenoxy) is 2. The number of phenolic OH excluding ortho intramolecular Hbond substituents is 1. The number of benzene rings is 4. The second-order valence-electron chi connectivity index (χ2n) is 8.05. The zero-order chi connectivity index (χ0) is 29.3. The minimum atomic E-state index is -2.32. The minimum Gasteiger partial charge on any atom is -0.506 e. The lowest BCUT2D eigenvalue weighted by atomic mass is 10.0. The van der Waals surface area contributed by atoms with Crippen molar-refractivity contribution in [3.05, 3.63) is 94.3 Å². The molecule has 7 nitrogen and oxygen atoms in total. The molecule has 0 saturated carbocycles. The van der Waals surface area contributed by atoms with Crippen LogP contribution in [0.2, 0.25) is 0 Å². The third-order valence-corrected chi connectivity index (χ3v) is 6.76. The van der Waals surface area contributed by atoms with Crippen molar-refractivity contribution in [3.63, 3.8) is 0 Å². The van der Waals surface area contributed by atoms with Crippen LogP contribution in [0.15, 0.2) is 58.3 Å². The van der Waals surface area contributed by atoms with E-state index in [2.05, 4.69) is 14.8 Å². The summed E-state index contributed by atoms with van der Waals surface area (Å²) in [6, 6.07) is 10.3. The van der Waals surface area contributed by atoms with Crippen LogP contribution in [0.3, 0.4) is 0 Å². The average molecular weight is 577 g/mol. The number of hydrogen-bond donors (Lipinski definition) is 2. The standard InChI is InChI=1S/C27H16F5NO6S/c1-38-26(36)11-7-12(27(37)39-2)9-13(8-11)33-25(35)16-10-17(14-5-3-4-6-15(14)23(16)34)40-24-21(31)19(29)18(28)20(30)22(24)32/h3-10,34H,1-2H3,(H,33,35). The first kappa shape index (κ1) is 28.4. The van der Waals surface area contributed by atoms with Gasteiger partial charge in [-0.1, -0.05) is 36.0 Å². The van der Waals surface area contributed by atoms with Gasteiger partial charge in [0.15, 0.2) is 23.3 Å². The van der Waals surface area contributed by atoms with E-state index in [0.29, 0.717) is 0 Å². The first-order valence-corrected chi connectivity index (χ1v) is 11.9. The predicted octanol–water partition coefficient (Wildman–Crippen LogP) is 6.22. The molecule has 0 aliphatic heterocycles. The molecule has 0 radical (unpaired) electrons. The highest BCUT2D eigenvalue weighted by Crippen LogP contribution is 2.42. The lowest BCUT2D eigenvalue weighted by molar-refractivity contribution is 0.0598. The molecule has 0 aromatic heterocycles. The molecule has 0 unspecified atom stereocenters. The van der Waals surface area contributed by atoms with Crippen LogP contribution in [0.25, 0.3) is 10.8 Å². The first-order chi connectivity index (χ1) is 19.0. The molecule has 0 fully saturated rings. The molecule has 0 bridgehead atoms. The molecule has 0 spiro atoms. The Hall–Kier alpha value is -4.65. The Morgan fingerprint density at radius 1 is 0.750 bits per heavy atom. The summed E-state index contributed by atoms with van der Waals surface area (Å²) in [5.74, 6) is -14.0. The van der Waals surface area contributed by atoms with Crippen molar-refractivity contribution in [1.29, 1.82) is 0 Å². The molecule has 0 aliphatic rings. The Morgan fingerprint density at radius 2 is 1.25 bits per heavy atom. The van der Waals surface area contributed by atoms with E-state index in [9.17, 15) is 41.4 Å². The van der Waals surface area contributed by atoms with Crippen molar-refractivity contribution < 1.29 is 50.9 Å². The zero-order valence-corrected chi connectivity index (χ0v) is 21.2. The Morgan fingerprint density at radius 3 is 1.77 bits per heavy atom. The van der Waals surface area contributed by atoms with Crippen LogP contribution in [0.4, 0.5) is 27.6 Å². The Balaban J connectivity index is 1.82. The maximum atomic E-state index is 14.4. The van der Waals surface area contributed by atoms with Crippen LogP contribution in [0.1, 0.15) is 31.1 Å². The quantitative estimate of drug-likeness (QED) is 0.121. The van der Waals surface area contributed by atoms with Crippen LogP contribution in [-0.4, -0.2) is 37.2 Å². The Labute approximate surface area is 226 Å². The van der Waals surface area contributed by atoms with Crippen molar-refractivity contribution in [2.75, 3.05) is 19.5 Å². The number of amides is 1. The molecule has 206 valence electrons. The minimum absolute atomic E-state index is 0.0279. The number of aromatic hydroxyl groups is 1. The van der Waals surface area contributed by atoms with Gasteiger partial charge in [-0.2, -0.15) is 0 Å². The summed E-state index contributed by atoms with van der Waals surface area (Å²) in [6.07, 6.45) is 0. The Kier molecular flexibility index (Phi) is 7.96. The lowest BCUT2D eigenvalue weighted by Gasteiger charge is -2.15. The zero-order valence-electron chi connectivity index (χ0n) is 20.4. The molecule has 0 saturated heterocycles. The number of rotatable bonds is 6. The molecule has 0 heterocycles. The molecule has 13 heteroatoms. The van der Waals surface area contributed by atoms with E-state index in [0.717, 1.165) is 20.3 Å². The molecular formula is C27H16F5NO6S. The monoisotopic (exact) mass is 577 g/mol. The summed E-state index contributed by atoms with van der Waals surface area (Å²) < 4.78 is 79.3. The van der Waals surface area contributed by atoms with Gasteiger partial charge in [0.05, 0.1) is 35.8 Å². The third kappa shape index (κ3) is 5.15. The van der Waals surface area contributed by atoms with Crippen molar-refractivity contribution in [3.8, 4) is 5.75 Å². The molecule has 0 atom stereocenters. The first-order valence-electron chi connectivity index (χ1n) is 11.1. The van der Waals surface area contributed by atoms with Gasteiger partial charge in [0.25, 0.3) is 5.91 Å². The van der Waals surface area contributed by atoms with Gasteiger partial charge in [-0.05, 0) is 29.7 Å². The van der Waals surface area contributed by atoms with Gasteiger partial charge in [0.2, 0.25) is 5.82 Å². The fourth-order valence-electron chi connectivity index (χ4n) is 3.74. The SMILES string of the molecule is COC(=O)c1cc(NC(=O)c2cc(Sc3c(F)c(F)c(F)c(F)c3F)c3ccccc3c2O)cc(C(=O)OC)c1. The molecule has 2 N–H and O–H groups in total. The number of nitrogens with one attached hydrogen (secondary N) is 1. The van der Waals surface area contributed by atoms with Crippen molar-refractivity contribution >= 4 is 46.1 Å². The van der Waals surface area contributed by atoms with E-state index >= 15 is 0 Å². The normalized spacial score (nSPS) is 10.9. The fraction of sp³-hybridized carbons (Fsp3) is 0.0741. The summed E-state index contributed by atoms with van der Waals surface area (Å²) in [4.78, 5) is 36.0. The number of carbonyl (C=O) groups excluding carboxylic acids is 3. The summed E-state index contributed by atoms with van der Waals surface area (Å²) >= 11 is 0.162. The number of methoxy groups -OCH3 is 2. The molecule has 0 aliphatic carbocycles. The maximum absolute atomic E-state index is 14.4. The average Bonchev–Trinajstić information content (AvgIpc) is 2.97. The van der Waals surface area contributed by atoms with Crippen LogP contribution >= 0.6 is 11.8 Å². The number of anilines is 1.